The van der Waals surface area contributed by atoms with E-state index in [1.807, 2.05) is 0 Å². The molecule has 0 radical (unpaired) electrons. The summed E-state index contributed by atoms with van der Waals surface area (Å²) in [6.07, 6.45) is 0. The third-order valence-electron chi connectivity index (χ3n) is 4.63. The molecular weight excluding hydrogens is 385 g/mol. The molecule has 1 aliphatic rings. The van der Waals surface area contributed by atoms with E-state index in [2.05, 4.69) is 4.72 Å². The number of hydrogen-bond donors (Lipinski definition) is 2. The summed E-state index contributed by atoms with van der Waals surface area (Å²) in [5.74, 6) is -1.12. The lowest BCUT2D eigenvalue weighted by molar-refractivity contribution is 0.0533. The fraction of sp³-hybridized carbons (Fsp3) is 0.263. The van der Waals surface area contributed by atoms with E-state index in [9.17, 15) is 18.2 Å². The zero-order valence-electron chi connectivity index (χ0n) is 15.2. The first-order valence-corrected chi connectivity index (χ1v) is 9.78. The van der Waals surface area contributed by atoms with Crippen LogP contribution in [0.25, 0.3) is 0 Å². The third kappa shape index (κ3) is 4.37. The zero-order valence-corrected chi connectivity index (χ0v) is 16.0. The summed E-state index contributed by atoms with van der Waals surface area (Å²) < 4.78 is 36.0. The van der Waals surface area contributed by atoms with Gasteiger partial charge in [-0.3, -0.25) is 18.9 Å². The summed E-state index contributed by atoms with van der Waals surface area (Å²) in [6, 6.07) is 10.7. The predicted molar refractivity (Wildman–Crippen MR) is 104 cm³/mol. The fourth-order valence-corrected chi connectivity index (χ4v) is 3.52. The molecule has 0 aromatic heterocycles. The normalized spacial score (nSPS) is 15.2. The average molecular weight is 405 g/mol. The maximum Gasteiger partial charge on any atom is 0.259 e. The van der Waals surface area contributed by atoms with Crippen LogP contribution in [0.1, 0.15) is 26.3 Å². The lowest BCUT2D eigenvalue weighted by Crippen LogP contribution is -2.50. The van der Waals surface area contributed by atoms with Crippen molar-refractivity contribution in [2.75, 3.05) is 30.9 Å². The van der Waals surface area contributed by atoms with Crippen LogP contribution in [0.3, 0.4) is 0 Å². The van der Waals surface area contributed by atoms with E-state index in [-0.39, 0.29) is 17.4 Å². The molecule has 2 N–H and O–H groups in total. The van der Waals surface area contributed by atoms with Crippen LogP contribution in [-0.4, -0.2) is 56.6 Å². The van der Waals surface area contributed by atoms with Crippen LogP contribution in [0.4, 0.5) is 10.1 Å². The van der Waals surface area contributed by atoms with E-state index in [1.165, 1.54) is 23.1 Å². The highest BCUT2D eigenvalue weighted by molar-refractivity contribution is 7.80. The van der Waals surface area contributed by atoms with Gasteiger partial charge in [-0.15, -0.1) is 0 Å². The first-order valence-electron chi connectivity index (χ1n) is 8.68. The number of nitrogens with one attached hydrogen (secondary N) is 1. The molecule has 148 valence electrons. The Balaban J connectivity index is 1.64. The second-order valence-electron chi connectivity index (χ2n) is 6.45. The third-order valence-corrected chi connectivity index (χ3v) is 5.02. The smallest absolute Gasteiger partial charge is 0.259 e. The lowest BCUT2D eigenvalue weighted by atomic mass is 10.1. The Labute approximate surface area is 164 Å². The topological polar surface area (TPSA) is 90.0 Å². The Morgan fingerprint density at radius 3 is 2.21 bits per heavy atom. The van der Waals surface area contributed by atoms with Crippen molar-refractivity contribution in [2.24, 2.45) is 0 Å². The summed E-state index contributed by atoms with van der Waals surface area (Å²) in [7, 11) is 0. The van der Waals surface area contributed by atoms with Crippen molar-refractivity contribution in [2.45, 2.75) is 6.92 Å². The molecule has 0 bridgehead atoms. The van der Waals surface area contributed by atoms with Crippen molar-refractivity contribution in [1.29, 1.82) is 0 Å². The summed E-state index contributed by atoms with van der Waals surface area (Å²) >= 11 is -2.18. The van der Waals surface area contributed by atoms with Gasteiger partial charge in [0.1, 0.15) is 5.82 Å². The van der Waals surface area contributed by atoms with Gasteiger partial charge in [0.2, 0.25) is 0 Å². The van der Waals surface area contributed by atoms with Crippen molar-refractivity contribution < 1.29 is 22.7 Å². The number of nitrogens with zero attached hydrogens (tertiary/aromatic N) is 2. The second-order valence-corrected chi connectivity index (χ2v) is 7.15. The molecule has 9 heteroatoms. The van der Waals surface area contributed by atoms with Crippen molar-refractivity contribution in [3.05, 3.63) is 65.0 Å². The van der Waals surface area contributed by atoms with Gasteiger partial charge in [-0.1, -0.05) is 12.1 Å². The maximum atomic E-state index is 13.8. The van der Waals surface area contributed by atoms with E-state index >= 15 is 0 Å². The molecule has 1 fully saturated rings. The highest BCUT2D eigenvalue weighted by atomic mass is 32.2. The van der Waals surface area contributed by atoms with E-state index < -0.39 is 17.1 Å². The highest BCUT2D eigenvalue weighted by Gasteiger charge is 2.26. The summed E-state index contributed by atoms with van der Waals surface area (Å²) in [4.78, 5) is 28.4. The Bertz CT molecular complexity index is 929. The van der Waals surface area contributed by atoms with Crippen molar-refractivity contribution in [3.8, 4) is 0 Å². The number of hydrogen-bond acceptors (Lipinski definition) is 3. The number of rotatable bonds is 4. The molecule has 1 saturated heterocycles. The zero-order chi connectivity index (χ0) is 20.3. The van der Waals surface area contributed by atoms with Gasteiger partial charge >= 0.3 is 0 Å². The van der Waals surface area contributed by atoms with Gasteiger partial charge in [-0.25, -0.2) is 8.60 Å². The van der Waals surface area contributed by atoms with Gasteiger partial charge in [0.25, 0.3) is 23.1 Å². The average Bonchev–Trinajstić information content (AvgIpc) is 2.68. The standard InChI is InChI=1S/C19H20FN3O4S/c1-13-12-14(6-7-17(13)21-28(26)27)18(24)22-8-10-23(11-9-22)19(25)15-4-2-3-5-16(15)20/h2-7,12,21H,8-11H2,1H3,(H,26,27). The molecule has 1 unspecified atom stereocenters. The molecule has 2 aromatic rings. The number of carbonyl (C=O) groups is 2. The number of amides is 2. The van der Waals surface area contributed by atoms with Gasteiger partial charge in [-0.05, 0) is 42.8 Å². The molecule has 0 saturated carbocycles. The molecule has 2 amide bonds. The lowest BCUT2D eigenvalue weighted by Gasteiger charge is -2.35. The molecule has 0 aliphatic carbocycles. The van der Waals surface area contributed by atoms with Crippen LogP contribution >= 0.6 is 0 Å². The molecule has 1 atom stereocenters. The monoisotopic (exact) mass is 405 g/mol. The molecule has 28 heavy (non-hydrogen) atoms. The molecule has 3 rings (SSSR count). The molecule has 0 spiro atoms. The predicted octanol–water partition coefficient (Wildman–Crippen LogP) is 2.28. The molecule has 7 nitrogen and oxygen atoms in total. The van der Waals surface area contributed by atoms with Crippen molar-refractivity contribution in [3.63, 3.8) is 0 Å². The maximum absolute atomic E-state index is 13.8. The van der Waals surface area contributed by atoms with Gasteiger partial charge in [0.15, 0.2) is 0 Å². The van der Waals surface area contributed by atoms with E-state index in [0.717, 1.165) is 0 Å². The highest BCUT2D eigenvalue weighted by Crippen LogP contribution is 2.19. The van der Waals surface area contributed by atoms with Crippen LogP contribution in [0.15, 0.2) is 42.5 Å². The molecule has 2 aromatic carbocycles. The van der Waals surface area contributed by atoms with E-state index in [4.69, 9.17) is 4.55 Å². The summed E-state index contributed by atoms with van der Waals surface area (Å²) in [5.41, 5.74) is 1.63. The fourth-order valence-electron chi connectivity index (χ4n) is 3.11. The summed E-state index contributed by atoms with van der Waals surface area (Å²) in [5, 5.41) is 0. The van der Waals surface area contributed by atoms with Crippen LogP contribution in [-0.2, 0) is 11.3 Å². The second kappa shape index (κ2) is 8.49. The van der Waals surface area contributed by atoms with Crippen molar-refractivity contribution in [1.82, 2.24) is 9.80 Å². The minimum atomic E-state index is -2.18. The first kappa shape index (κ1) is 20.0. The minimum Gasteiger partial charge on any atom is -0.335 e. The quantitative estimate of drug-likeness (QED) is 0.764. The van der Waals surface area contributed by atoms with Crippen LogP contribution < -0.4 is 4.72 Å². The Morgan fingerprint density at radius 1 is 1.04 bits per heavy atom. The minimum absolute atomic E-state index is 0.0299. The number of piperazine rings is 1. The van der Waals surface area contributed by atoms with E-state index in [0.29, 0.717) is 43.0 Å². The van der Waals surface area contributed by atoms with Gasteiger partial charge in [-0.2, -0.15) is 0 Å². The van der Waals surface area contributed by atoms with Gasteiger partial charge in [0, 0.05) is 31.7 Å². The Kier molecular flexibility index (Phi) is 6.05. The number of anilines is 1. The molecule has 1 aliphatic heterocycles. The number of carbonyl (C=O) groups excluding carboxylic acids is 2. The van der Waals surface area contributed by atoms with Gasteiger partial charge in [0.05, 0.1) is 11.3 Å². The van der Waals surface area contributed by atoms with Crippen LogP contribution in [0, 0.1) is 12.7 Å². The summed E-state index contributed by atoms with van der Waals surface area (Å²) in [6.45, 7) is 3.07. The number of benzene rings is 2. The van der Waals surface area contributed by atoms with Crippen molar-refractivity contribution >= 4 is 28.8 Å². The van der Waals surface area contributed by atoms with Crippen LogP contribution in [0.5, 0.6) is 0 Å². The first-order chi connectivity index (χ1) is 13.4. The van der Waals surface area contributed by atoms with Gasteiger partial charge < -0.3 is 9.80 Å². The number of halogens is 1. The largest absolute Gasteiger partial charge is 0.335 e. The SMILES string of the molecule is Cc1cc(C(=O)N2CCN(C(=O)c3ccccc3F)CC2)ccc1NS(=O)O. The van der Waals surface area contributed by atoms with Crippen LogP contribution in [0.2, 0.25) is 0 Å². The Morgan fingerprint density at radius 2 is 1.64 bits per heavy atom. The van der Waals surface area contributed by atoms with E-state index in [1.54, 1.807) is 36.1 Å². The Hall–Kier alpha value is -2.78. The molecular formula is C19H20FN3O4S. The number of aryl methyl sites for hydroxylation is 1. The molecule has 1 heterocycles.